The van der Waals surface area contributed by atoms with Gasteiger partial charge in [0.15, 0.2) is 0 Å². The number of aliphatic hydroxyl groups excluding tert-OH is 1. The average Bonchev–Trinajstić information content (AvgIpc) is 2.04. The van der Waals surface area contributed by atoms with E-state index in [0.717, 1.165) is 19.4 Å². The molecule has 3 heteroatoms. The molecule has 3 N–H and O–H groups in total. The molecule has 1 fully saturated rings. The maximum Gasteiger partial charge on any atom is 0.0639 e. The lowest BCUT2D eigenvalue weighted by Gasteiger charge is -2.34. The highest BCUT2D eigenvalue weighted by atomic mass is 16.3. The smallest absolute Gasteiger partial charge is 0.0639 e. The highest BCUT2D eigenvalue weighted by Crippen LogP contribution is 2.20. The van der Waals surface area contributed by atoms with Gasteiger partial charge in [0.1, 0.15) is 0 Å². The summed E-state index contributed by atoms with van der Waals surface area (Å²) in [4.78, 5) is 2.26. The van der Waals surface area contributed by atoms with Crippen LogP contribution in [0.4, 0.5) is 0 Å². The minimum Gasteiger partial charge on any atom is -0.392 e. The Labute approximate surface area is 80.9 Å². The van der Waals surface area contributed by atoms with E-state index < -0.39 is 0 Å². The molecule has 0 aromatic heterocycles. The van der Waals surface area contributed by atoms with Crippen molar-refractivity contribution >= 4 is 0 Å². The van der Waals surface area contributed by atoms with Crippen molar-refractivity contribution in [2.75, 3.05) is 13.6 Å². The highest BCUT2D eigenvalue weighted by molar-refractivity contribution is 4.80. The van der Waals surface area contributed by atoms with E-state index in [2.05, 4.69) is 11.9 Å². The molecular weight excluding hydrogens is 164 g/mol. The number of nitrogens with zero attached hydrogens (tertiary/aromatic N) is 1. The van der Waals surface area contributed by atoms with E-state index in [4.69, 9.17) is 5.73 Å². The average molecular weight is 186 g/mol. The molecule has 0 bridgehead atoms. The molecule has 1 rings (SSSR count). The zero-order valence-electron chi connectivity index (χ0n) is 8.74. The van der Waals surface area contributed by atoms with E-state index in [1.165, 1.54) is 12.8 Å². The molecule has 0 unspecified atom stereocenters. The second kappa shape index (κ2) is 4.94. The molecule has 1 aliphatic rings. The van der Waals surface area contributed by atoms with Gasteiger partial charge in [-0.15, -0.1) is 0 Å². The van der Waals surface area contributed by atoms with Crippen molar-refractivity contribution in [3.05, 3.63) is 0 Å². The van der Waals surface area contributed by atoms with Crippen molar-refractivity contribution in [3.63, 3.8) is 0 Å². The molecule has 0 spiro atoms. The van der Waals surface area contributed by atoms with Crippen LogP contribution in [0, 0.1) is 0 Å². The first kappa shape index (κ1) is 11.0. The van der Waals surface area contributed by atoms with Crippen LogP contribution in [0.15, 0.2) is 0 Å². The van der Waals surface area contributed by atoms with E-state index in [1.807, 2.05) is 6.92 Å². The standard InChI is InChI=1S/C10H22N2O/c1-8(13)7-12(2)10-5-3-9(11)4-6-10/h8-10,13H,3-7,11H2,1-2H3/t8-,9?,10?/m0/s1. The Bertz CT molecular complexity index is 142. The first-order valence-electron chi connectivity index (χ1n) is 5.23. The van der Waals surface area contributed by atoms with Crippen LogP contribution in [0.3, 0.4) is 0 Å². The van der Waals surface area contributed by atoms with E-state index in [9.17, 15) is 5.11 Å². The van der Waals surface area contributed by atoms with E-state index >= 15 is 0 Å². The zero-order valence-corrected chi connectivity index (χ0v) is 8.74. The molecule has 1 atom stereocenters. The lowest BCUT2D eigenvalue weighted by atomic mass is 9.91. The molecule has 13 heavy (non-hydrogen) atoms. The van der Waals surface area contributed by atoms with E-state index in [1.54, 1.807) is 0 Å². The summed E-state index contributed by atoms with van der Waals surface area (Å²) in [7, 11) is 2.09. The van der Waals surface area contributed by atoms with Crippen LogP contribution in [-0.2, 0) is 0 Å². The number of hydrogen-bond acceptors (Lipinski definition) is 3. The normalized spacial score (nSPS) is 32.1. The summed E-state index contributed by atoms with van der Waals surface area (Å²) >= 11 is 0. The molecule has 0 amide bonds. The Hall–Kier alpha value is -0.120. The summed E-state index contributed by atoms with van der Waals surface area (Å²) < 4.78 is 0. The first-order chi connectivity index (χ1) is 6.09. The van der Waals surface area contributed by atoms with Crippen LogP contribution in [0.1, 0.15) is 32.6 Å². The number of rotatable bonds is 3. The Kier molecular flexibility index (Phi) is 4.16. The molecule has 0 heterocycles. The molecule has 1 saturated carbocycles. The van der Waals surface area contributed by atoms with Gasteiger partial charge >= 0.3 is 0 Å². The first-order valence-corrected chi connectivity index (χ1v) is 5.23. The molecule has 0 aromatic rings. The molecule has 0 saturated heterocycles. The van der Waals surface area contributed by atoms with Gasteiger partial charge in [-0.3, -0.25) is 0 Å². The minimum atomic E-state index is -0.222. The maximum atomic E-state index is 9.24. The summed E-state index contributed by atoms with van der Waals surface area (Å²) in [6.45, 7) is 2.62. The minimum absolute atomic E-state index is 0.222. The van der Waals surface area contributed by atoms with Crippen LogP contribution in [0.5, 0.6) is 0 Å². The summed E-state index contributed by atoms with van der Waals surface area (Å²) in [5, 5.41) is 9.24. The monoisotopic (exact) mass is 186 g/mol. The van der Waals surface area contributed by atoms with Crippen molar-refractivity contribution in [2.45, 2.75) is 50.8 Å². The third-order valence-corrected chi connectivity index (χ3v) is 2.92. The van der Waals surface area contributed by atoms with Crippen molar-refractivity contribution in [1.29, 1.82) is 0 Å². The van der Waals surface area contributed by atoms with E-state index in [-0.39, 0.29) is 6.10 Å². The third-order valence-electron chi connectivity index (χ3n) is 2.92. The van der Waals surface area contributed by atoms with Gasteiger partial charge in [-0.05, 0) is 39.7 Å². The van der Waals surface area contributed by atoms with Gasteiger partial charge in [0, 0.05) is 18.6 Å². The Balaban J connectivity index is 2.27. The predicted octanol–water partition coefficient (Wildman–Crippen LogP) is 0.569. The van der Waals surface area contributed by atoms with Gasteiger partial charge < -0.3 is 15.7 Å². The number of likely N-dealkylation sites (N-methyl/N-ethyl adjacent to an activating group) is 1. The molecule has 0 radical (unpaired) electrons. The van der Waals surface area contributed by atoms with Crippen LogP contribution in [0.2, 0.25) is 0 Å². The lowest BCUT2D eigenvalue weighted by molar-refractivity contribution is 0.100. The van der Waals surface area contributed by atoms with Crippen LogP contribution in [-0.4, -0.2) is 41.8 Å². The zero-order chi connectivity index (χ0) is 9.84. The largest absolute Gasteiger partial charge is 0.392 e. The second-order valence-electron chi connectivity index (χ2n) is 4.36. The Morgan fingerprint density at radius 1 is 1.38 bits per heavy atom. The molecule has 1 aliphatic carbocycles. The predicted molar refractivity (Wildman–Crippen MR) is 54.5 cm³/mol. The molecular formula is C10H22N2O. The van der Waals surface area contributed by atoms with Crippen molar-refractivity contribution in [2.24, 2.45) is 5.73 Å². The molecule has 3 nitrogen and oxygen atoms in total. The van der Waals surface area contributed by atoms with Crippen molar-refractivity contribution in [3.8, 4) is 0 Å². The van der Waals surface area contributed by atoms with Crippen molar-refractivity contribution in [1.82, 2.24) is 4.90 Å². The summed E-state index contributed by atoms with van der Waals surface area (Å²) in [6, 6.07) is 1.05. The summed E-state index contributed by atoms with van der Waals surface area (Å²) in [6.07, 6.45) is 4.42. The Morgan fingerprint density at radius 2 is 1.92 bits per heavy atom. The van der Waals surface area contributed by atoms with Gasteiger partial charge in [-0.25, -0.2) is 0 Å². The molecule has 0 aliphatic heterocycles. The summed E-state index contributed by atoms with van der Waals surface area (Å²) in [5.41, 5.74) is 5.83. The SMILES string of the molecule is C[C@H](O)CN(C)C1CCC(N)CC1. The fraction of sp³-hybridized carbons (Fsp3) is 1.00. The third kappa shape index (κ3) is 3.63. The number of aliphatic hydroxyl groups is 1. The number of nitrogens with two attached hydrogens (primary N) is 1. The number of hydrogen-bond donors (Lipinski definition) is 2. The van der Waals surface area contributed by atoms with Crippen LogP contribution >= 0.6 is 0 Å². The van der Waals surface area contributed by atoms with Gasteiger partial charge in [0.05, 0.1) is 6.10 Å². The van der Waals surface area contributed by atoms with Crippen molar-refractivity contribution < 1.29 is 5.11 Å². The van der Waals surface area contributed by atoms with Gasteiger partial charge in [0.2, 0.25) is 0 Å². The molecule has 78 valence electrons. The fourth-order valence-corrected chi connectivity index (χ4v) is 2.11. The van der Waals surface area contributed by atoms with Gasteiger partial charge in [0.25, 0.3) is 0 Å². The Morgan fingerprint density at radius 3 is 2.38 bits per heavy atom. The molecule has 0 aromatic carbocycles. The summed E-state index contributed by atoms with van der Waals surface area (Å²) in [5.74, 6) is 0. The van der Waals surface area contributed by atoms with Gasteiger partial charge in [-0.1, -0.05) is 0 Å². The van der Waals surface area contributed by atoms with E-state index in [0.29, 0.717) is 12.1 Å². The topological polar surface area (TPSA) is 49.5 Å². The maximum absolute atomic E-state index is 9.24. The highest BCUT2D eigenvalue weighted by Gasteiger charge is 2.22. The fourth-order valence-electron chi connectivity index (χ4n) is 2.11. The van der Waals surface area contributed by atoms with Crippen LogP contribution < -0.4 is 5.73 Å². The van der Waals surface area contributed by atoms with Gasteiger partial charge in [-0.2, -0.15) is 0 Å². The second-order valence-corrected chi connectivity index (χ2v) is 4.36. The quantitative estimate of drug-likeness (QED) is 0.677. The van der Waals surface area contributed by atoms with Crippen LogP contribution in [0.25, 0.3) is 0 Å². The lowest BCUT2D eigenvalue weighted by Crippen LogP contribution is -2.41.